The SMILES string of the molecule is CCP(C)(=O)OC. The van der Waals surface area contributed by atoms with E-state index in [1.54, 1.807) is 6.66 Å². The van der Waals surface area contributed by atoms with Gasteiger partial charge in [0, 0.05) is 19.9 Å². The van der Waals surface area contributed by atoms with Crippen molar-refractivity contribution in [1.29, 1.82) is 0 Å². The Kier molecular flexibility index (Phi) is 2.55. The first-order chi connectivity index (χ1) is 3.12. The standard InChI is InChI=1S/C4H11O2P/c1-4-7(3,5)6-2/h4H2,1-3H3. The third kappa shape index (κ3) is 2.84. The molecule has 0 aliphatic carbocycles. The summed E-state index contributed by atoms with van der Waals surface area (Å²) in [4.78, 5) is 0. The maximum Gasteiger partial charge on any atom is 0.199 e. The Morgan fingerprint density at radius 1 is 1.71 bits per heavy atom. The summed E-state index contributed by atoms with van der Waals surface area (Å²) in [6, 6.07) is 0. The smallest absolute Gasteiger partial charge is 0.199 e. The van der Waals surface area contributed by atoms with Gasteiger partial charge in [-0.25, -0.2) is 0 Å². The summed E-state index contributed by atoms with van der Waals surface area (Å²) < 4.78 is 15.4. The van der Waals surface area contributed by atoms with Gasteiger partial charge in [0.15, 0.2) is 7.37 Å². The quantitative estimate of drug-likeness (QED) is 0.519. The molecule has 0 rings (SSSR count). The molecule has 3 heteroatoms. The molecule has 0 amide bonds. The average Bonchev–Trinajstić information content (AvgIpc) is 1.68. The Labute approximate surface area is 44.3 Å². The summed E-state index contributed by atoms with van der Waals surface area (Å²) >= 11 is 0. The van der Waals surface area contributed by atoms with Crippen LogP contribution in [-0.2, 0) is 9.09 Å². The molecule has 0 aromatic carbocycles. The van der Waals surface area contributed by atoms with Crippen molar-refractivity contribution in [3.63, 3.8) is 0 Å². The maximum absolute atomic E-state index is 10.7. The fourth-order valence-electron chi connectivity index (χ4n) is 0.129. The zero-order chi connectivity index (χ0) is 5.91. The molecule has 1 atom stereocenters. The molecule has 0 saturated carbocycles. The highest BCUT2D eigenvalue weighted by Crippen LogP contribution is 2.39. The normalized spacial score (nSPS) is 18.7. The largest absolute Gasteiger partial charge is 0.332 e. The molecule has 0 radical (unpaired) electrons. The lowest BCUT2D eigenvalue weighted by atomic mass is 11.0. The fourth-order valence-corrected chi connectivity index (χ4v) is 0.387. The number of hydrogen-bond acceptors (Lipinski definition) is 2. The molecule has 0 bridgehead atoms. The van der Waals surface area contributed by atoms with Gasteiger partial charge in [-0.05, 0) is 0 Å². The van der Waals surface area contributed by atoms with Gasteiger partial charge in [-0.1, -0.05) is 6.92 Å². The number of hydrogen-bond donors (Lipinski definition) is 0. The monoisotopic (exact) mass is 122 g/mol. The van der Waals surface area contributed by atoms with E-state index in [1.807, 2.05) is 6.92 Å². The number of rotatable bonds is 2. The minimum Gasteiger partial charge on any atom is -0.332 e. The zero-order valence-corrected chi connectivity index (χ0v) is 5.87. The Morgan fingerprint density at radius 2 is 2.14 bits per heavy atom. The molecule has 0 aliphatic rings. The summed E-state index contributed by atoms with van der Waals surface area (Å²) in [5.41, 5.74) is 0. The van der Waals surface area contributed by atoms with Gasteiger partial charge in [-0.2, -0.15) is 0 Å². The highest BCUT2D eigenvalue weighted by Gasteiger charge is 2.07. The summed E-state index contributed by atoms with van der Waals surface area (Å²) in [5, 5.41) is 0. The molecular weight excluding hydrogens is 111 g/mol. The van der Waals surface area contributed by atoms with Crippen LogP contribution in [0.1, 0.15) is 6.92 Å². The van der Waals surface area contributed by atoms with E-state index in [-0.39, 0.29) is 0 Å². The minimum atomic E-state index is -2.15. The van der Waals surface area contributed by atoms with Crippen LogP contribution in [0.2, 0.25) is 0 Å². The van der Waals surface area contributed by atoms with Gasteiger partial charge >= 0.3 is 0 Å². The van der Waals surface area contributed by atoms with E-state index >= 15 is 0 Å². The minimum absolute atomic E-state index is 0.628. The third-order valence-corrected chi connectivity index (χ3v) is 2.88. The summed E-state index contributed by atoms with van der Waals surface area (Å²) in [7, 11) is -0.678. The van der Waals surface area contributed by atoms with Crippen LogP contribution >= 0.6 is 7.37 Å². The molecule has 0 aromatic heterocycles. The highest BCUT2D eigenvalue weighted by molar-refractivity contribution is 7.58. The molecule has 44 valence electrons. The van der Waals surface area contributed by atoms with Crippen LogP contribution in [-0.4, -0.2) is 19.9 Å². The van der Waals surface area contributed by atoms with Crippen LogP contribution < -0.4 is 0 Å². The first-order valence-corrected chi connectivity index (χ1v) is 4.50. The highest BCUT2D eigenvalue weighted by atomic mass is 31.2. The maximum atomic E-state index is 10.7. The molecule has 0 aliphatic heterocycles. The van der Waals surface area contributed by atoms with Gasteiger partial charge in [-0.3, -0.25) is 4.57 Å². The van der Waals surface area contributed by atoms with Crippen molar-refractivity contribution in [2.75, 3.05) is 19.9 Å². The lowest BCUT2D eigenvalue weighted by Gasteiger charge is -2.04. The fraction of sp³-hybridized carbons (Fsp3) is 1.00. The molecule has 0 N–H and O–H groups in total. The predicted molar refractivity (Wildman–Crippen MR) is 31.1 cm³/mol. The van der Waals surface area contributed by atoms with E-state index in [9.17, 15) is 4.57 Å². The van der Waals surface area contributed by atoms with Crippen molar-refractivity contribution in [3.8, 4) is 0 Å². The van der Waals surface area contributed by atoms with Crippen LogP contribution in [0.3, 0.4) is 0 Å². The lowest BCUT2D eigenvalue weighted by Crippen LogP contribution is -1.82. The van der Waals surface area contributed by atoms with Crippen molar-refractivity contribution in [2.45, 2.75) is 6.92 Å². The van der Waals surface area contributed by atoms with Crippen LogP contribution in [0.15, 0.2) is 0 Å². The van der Waals surface area contributed by atoms with E-state index in [1.165, 1.54) is 7.11 Å². The zero-order valence-electron chi connectivity index (χ0n) is 4.97. The van der Waals surface area contributed by atoms with Crippen LogP contribution in [0.4, 0.5) is 0 Å². The van der Waals surface area contributed by atoms with Gasteiger partial charge in [0.25, 0.3) is 0 Å². The Balaban J connectivity index is 3.61. The second-order valence-corrected chi connectivity index (χ2v) is 4.54. The average molecular weight is 122 g/mol. The predicted octanol–water partition coefficient (Wildman–Crippen LogP) is 1.56. The van der Waals surface area contributed by atoms with Crippen molar-refractivity contribution in [2.24, 2.45) is 0 Å². The Bertz CT molecular complexity index is 81.7. The molecule has 7 heavy (non-hydrogen) atoms. The topological polar surface area (TPSA) is 26.3 Å². The molecule has 2 nitrogen and oxygen atoms in total. The molecule has 0 heterocycles. The van der Waals surface area contributed by atoms with Gasteiger partial charge in [0.2, 0.25) is 0 Å². The van der Waals surface area contributed by atoms with Crippen LogP contribution in [0.25, 0.3) is 0 Å². The van der Waals surface area contributed by atoms with E-state index in [0.717, 1.165) is 0 Å². The van der Waals surface area contributed by atoms with Gasteiger partial charge in [0.1, 0.15) is 0 Å². The second kappa shape index (κ2) is 2.49. The van der Waals surface area contributed by atoms with Crippen LogP contribution in [0.5, 0.6) is 0 Å². The first-order valence-electron chi connectivity index (χ1n) is 2.24. The van der Waals surface area contributed by atoms with E-state index < -0.39 is 7.37 Å². The lowest BCUT2D eigenvalue weighted by molar-refractivity contribution is 0.400. The second-order valence-electron chi connectivity index (χ2n) is 1.51. The summed E-state index contributed by atoms with van der Waals surface area (Å²) in [5.74, 6) is 0. The Hall–Kier alpha value is 0.190. The van der Waals surface area contributed by atoms with Crippen molar-refractivity contribution in [1.82, 2.24) is 0 Å². The molecular formula is C4H11O2P. The van der Waals surface area contributed by atoms with Gasteiger partial charge < -0.3 is 4.52 Å². The molecule has 0 aromatic rings. The van der Waals surface area contributed by atoms with E-state index in [2.05, 4.69) is 4.52 Å². The van der Waals surface area contributed by atoms with Crippen molar-refractivity contribution >= 4 is 7.37 Å². The molecule has 0 spiro atoms. The van der Waals surface area contributed by atoms with Gasteiger partial charge in [0.05, 0.1) is 0 Å². The van der Waals surface area contributed by atoms with Crippen molar-refractivity contribution in [3.05, 3.63) is 0 Å². The summed E-state index contributed by atoms with van der Waals surface area (Å²) in [6.45, 7) is 3.48. The van der Waals surface area contributed by atoms with Crippen LogP contribution in [0, 0.1) is 0 Å². The molecule has 0 fully saturated rings. The van der Waals surface area contributed by atoms with Gasteiger partial charge in [-0.15, -0.1) is 0 Å². The molecule has 0 saturated heterocycles. The third-order valence-electron chi connectivity index (χ3n) is 0.961. The summed E-state index contributed by atoms with van der Waals surface area (Å²) in [6.07, 6.45) is 0.628. The molecule has 1 unspecified atom stereocenters. The van der Waals surface area contributed by atoms with E-state index in [4.69, 9.17) is 0 Å². The van der Waals surface area contributed by atoms with Crippen molar-refractivity contribution < 1.29 is 9.09 Å². The Morgan fingerprint density at radius 3 is 2.14 bits per heavy atom. The van der Waals surface area contributed by atoms with E-state index in [0.29, 0.717) is 6.16 Å². The first kappa shape index (κ1) is 7.19.